The molecular formula is C18H23FN2O4. The monoisotopic (exact) mass is 350 g/mol. The number of ether oxygens (including phenoxy) is 1. The van der Waals surface area contributed by atoms with Gasteiger partial charge in [0.05, 0.1) is 5.54 Å². The average Bonchev–Trinajstić information content (AvgIpc) is 2.55. The fourth-order valence-electron chi connectivity index (χ4n) is 3.45. The molecule has 1 aromatic carbocycles. The zero-order valence-corrected chi connectivity index (χ0v) is 14.3. The molecule has 25 heavy (non-hydrogen) atoms. The summed E-state index contributed by atoms with van der Waals surface area (Å²) >= 11 is 0. The fraction of sp³-hybridized carbons (Fsp3) is 0.556. The van der Waals surface area contributed by atoms with Crippen LogP contribution in [0.5, 0.6) is 5.75 Å². The summed E-state index contributed by atoms with van der Waals surface area (Å²) in [5, 5.41) is 9.71. The largest absolute Gasteiger partial charge is 0.478 e. The Labute approximate surface area is 145 Å². The maximum Gasteiger partial charge on any atom is 0.348 e. The van der Waals surface area contributed by atoms with Gasteiger partial charge in [0, 0.05) is 25.9 Å². The van der Waals surface area contributed by atoms with Crippen LogP contribution in [0.25, 0.3) is 0 Å². The first-order chi connectivity index (χ1) is 11.8. The van der Waals surface area contributed by atoms with E-state index in [1.807, 2.05) is 0 Å². The van der Waals surface area contributed by atoms with Crippen LogP contribution in [0.15, 0.2) is 18.2 Å². The lowest BCUT2D eigenvalue weighted by molar-refractivity contribution is -0.163. The number of likely N-dealkylation sites (tertiary alicyclic amines) is 1. The molecule has 7 heteroatoms. The van der Waals surface area contributed by atoms with Crippen molar-refractivity contribution < 1.29 is 23.8 Å². The molecule has 0 atom stereocenters. The summed E-state index contributed by atoms with van der Waals surface area (Å²) in [6.07, 6.45) is 2.64. The van der Waals surface area contributed by atoms with Gasteiger partial charge >= 0.3 is 5.97 Å². The Morgan fingerprint density at radius 2 is 1.88 bits per heavy atom. The standard InChI is InChI=1S/C18H23FN2O4/c1-12-11-13(19)3-4-14(12)25-18(16(23)24)7-9-21(10-8-18)15(22)17(20)5-2-6-17/h3-4,11H,2,5-10,20H2,1H3,(H,23,24). The Kier molecular flexibility index (Phi) is 4.45. The molecule has 3 N–H and O–H groups in total. The van der Waals surface area contributed by atoms with E-state index in [9.17, 15) is 19.1 Å². The number of hydrogen-bond donors (Lipinski definition) is 2. The topological polar surface area (TPSA) is 92.9 Å². The number of aryl methyl sites for hydroxylation is 1. The van der Waals surface area contributed by atoms with E-state index < -0.39 is 22.9 Å². The van der Waals surface area contributed by atoms with Gasteiger partial charge in [0.25, 0.3) is 0 Å². The lowest BCUT2D eigenvalue weighted by Crippen LogP contribution is -2.63. The Hall–Kier alpha value is -2.15. The number of hydrogen-bond acceptors (Lipinski definition) is 4. The van der Waals surface area contributed by atoms with Crippen LogP contribution >= 0.6 is 0 Å². The molecule has 1 aromatic rings. The molecule has 2 fully saturated rings. The van der Waals surface area contributed by atoms with Crippen LogP contribution in [0.1, 0.15) is 37.7 Å². The van der Waals surface area contributed by atoms with Crippen molar-refractivity contribution in [1.29, 1.82) is 0 Å². The van der Waals surface area contributed by atoms with Crippen LogP contribution in [-0.2, 0) is 9.59 Å². The molecular weight excluding hydrogens is 327 g/mol. The number of benzene rings is 1. The second kappa shape index (κ2) is 6.29. The molecule has 136 valence electrons. The zero-order valence-electron chi connectivity index (χ0n) is 14.3. The second-order valence-corrected chi connectivity index (χ2v) is 7.11. The van der Waals surface area contributed by atoms with Crippen LogP contribution in [0.2, 0.25) is 0 Å². The van der Waals surface area contributed by atoms with Gasteiger partial charge in [0.1, 0.15) is 11.6 Å². The quantitative estimate of drug-likeness (QED) is 0.864. The number of carbonyl (C=O) groups excluding carboxylic acids is 1. The number of rotatable bonds is 4. The second-order valence-electron chi connectivity index (χ2n) is 7.11. The molecule has 2 aliphatic rings. The van der Waals surface area contributed by atoms with Gasteiger partial charge in [0.2, 0.25) is 11.5 Å². The molecule has 6 nitrogen and oxygen atoms in total. The third-order valence-electron chi connectivity index (χ3n) is 5.36. The van der Waals surface area contributed by atoms with Gasteiger partial charge in [0.15, 0.2) is 0 Å². The number of carboxylic acid groups (broad SMARTS) is 1. The molecule has 0 radical (unpaired) electrons. The number of halogens is 1. The summed E-state index contributed by atoms with van der Waals surface area (Å²) in [6.45, 7) is 2.23. The number of carbonyl (C=O) groups is 2. The van der Waals surface area contributed by atoms with Crippen molar-refractivity contribution in [3.8, 4) is 5.75 Å². The molecule has 0 bridgehead atoms. The lowest BCUT2D eigenvalue weighted by atomic mass is 9.76. The van der Waals surface area contributed by atoms with Crippen molar-refractivity contribution in [3.05, 3.63) is 29.6 Å². The Bertz CT molecular complexity index is 694. The highest BCUT2D eigenvalue weighted by Crippen LogP contribution is 2.35. The van der Waals surface area contributed by atoms with Crippen LogP contribution < -0.4 is 10.5 Å². The summed E-state index contributed by atoms with van der Waals surface area (Å²) in [4.78, 5) is 26.0. The van der Waals surface area contributed by atoms with E-state index in [0.717, 1.165) is 6.42 Å². The number of aliphatic carboxylic acids is 1. The van der Waals surface area contributed by atoms with Crippen molar-refractivity contribution in [3.63, 3.8) is 0 Å². The highest BCUT2D eigenvalue weighted by molar-refractivity contribution is 5.87. The number of nitrogens with two attached hydrogens (primary N) is 1. The average molecular weight is 350 g/mol. The van der Waals surface area contributed by atoms with Gasteiger partial charge in [-0.25, -0.2) is 9.18 Å². The summed E-state index contributed by atoms with van der Waals surface area (Å²) in [5.41, 5.74) is 4.43. The van der Waals surface area contributed by atoms with Crippen molar-refractivity contribution in [2.24, 2.45) is 5.73 Å². The van der Waals surface area contributed by atoms with Crippen LogP contribution in [0.4, 0.5) is 4.39 Å². The first kappa shape index (κ1) is 17.7. The minimum atomic E-state index is -1.42. The van der Waals surface area contributed by atoms with Gasteiger partial charge in [-0.3, -0.25) is 4.79 Å². The summed E-state index contributed by atoms with van der Waals surface area (Å²) in [5.74, 6) is -1.23. The van der Waals surface area contributed by atoms with Crippen molar-refractivity contribution >= 4 is 11.9 Å². The molecule has 1 heterocycles. The van der Waals surface area contributed by atoms with Gasteiger partial charge in [-0.2, -0.15) is 0 Å². The molecule has 1 aliphatic heterocycles. The Morgan fingerprint density at radius 1 is 1.24 bits per heavy atom. The maximum absolute atomic E-state index is 13.2. The molecule has 3 rings (SSSR count). The highest BCUT2D eigenvalue weighted by Gasteiger charge is 2.49. The molecule has 0 aromatic heterocycles. The van der Waals surface area contributed by atoms with E-state index >= 15 is 0 Å². The normalized spacial score (nSPS) is 21.3. The molecule has 0 spiro atoms. The van der Waals surface area contributed by atoms with Crippen molar-refractivity contribution in [2.75, 3.05) is 13.1 Å². The van der Waals surface area contributed by atoms with E-state index in [1.54, 1.807) is 11.8 Å². The molecule has 1 saturated heterocycles. The smallest absolute Gasteiger partial charge is 0.348 e. The highest BCUT2D eigenvalue weighted by atomic mass is 19.1. The minimum Gasteiger partial charge on any atom is -0.478 e. The Morgan fingerprint density at radius 3 is 2.36 bits per heavy atom. The van der Waals surface area contributed by atoms with Gasteiger partial charge < -0.3 is 20.5 Å². The Balaban J connectivity index is 1.73. The predicted octanol–water partition coefficient (Wildman–Crippen LogP) is 1.84. The first-order valence-corrected chi connectivity index (χ1v) is 8.53. The van der Waals surface area contributed by atoms with Crippen LogP contribution in [0.3, 0.4) is 0 Å². The summed E-state index contributed by atoms with van der Waals surface area (Å²) in [7, 11) is 0. The van der Waals surface area contributed by atoms with E-state index in [2.05, 4.69) is 0 Å². The fourth-order valence-corrected chi connectivity index (χ4v) is 3.45. The summed E-state index contributed by atoms with van der Waals surface area (Å²) < 4.78 is 19.1. The summed E-state index contributed by atoms with van der Waals surface area (Å²) in [6, 6.07) is 3.99. The van der Waals surface area contributed by atoms with E-state index in [-0.39, 0.29) is 31.8 Å². The zero-order chi connectivity index (χ0) is 18.2. The number of nitrogens with zero attached hydrogens (tertiary/aromatic N) is 1. The lowest BCUT2D eigenvalue weighted by Gasteiger charge is -2.44. The molecule has 1 aliphatic carbocycles. The maximum atomic E-state index is 13.2. The van der Waals surface area contributed by atoms with Crippen molar-refractivity contribution in [2.45, 2.75) is 50.2 Å². The van der Waals surface area contributed by atoms with E-state index in [1.165, 1.54) is 18.2 Å². The predicted molar refractivity (Wildman–Crippen MR) is 88.7 cm³/mol. The number of carboxylic acids is 1. The van der Waals surface area contributed by atoms with Crippen LogP contribution in [-0.4, -0.2) is 46.1 Å². The van der Waals surface area contributed by atoms with Gasteiger partial charge in [-0.1, -0.05) is 0 Å². The van der Waals surface area contributed by atoms with Gasteiger partial charge in [-0.05, 0) is 49.9 Å². The van der Waals surface area contributed by atoms with E-state index in [4.69, 9.17) is 10.5 Å². The van der Waals surface area contributed by atoms with Crippen LogP contribution in [0, 0.1) is 12.7 Å². The molecule has 0 unspecified atom stereocenters. The molecule has 1 saturated carbocycles. The van der Waals surface area contributed by atoms with Crippen molar-refractivity contribution in [1.82, 2.24) is 4.90 Å². The number of amides is 1. The minimum absolute atomic E-state index is 0.101. The third-order valence-corrected chi connectivity index (χ3v) is 5.36. The van der Waals surface area contributed by atoms with E-state index in [0.29, 0.717) is 24.2 Å². The SMILES string of the molecule is Cc1cc(F)ccc1OC1(C(=O)O)CCN(C(=O)C2(N)CCC2)CC1. The third kappa shape index (κ3) is 3.20. The first-order valence-electron chi connectivity index (χ1n) is 8.53. The van der Waals surface area contributed by atoms with Gasteiger partial charge in [-0.15, -0.1) is 0 Å². The molecule has 1 amide bonds. The number of piperidine rings is 1.